The summed E-state index contributed by atoms with van der Waals surface area (Å²) in [5, 5.41) is 0.364. The molecule has 0 radical (unpaired) electrons. The second-order valence-electron chi connectivity index (χ2n) is 6.26. The fourth-order valence-corrected chi connectivity index (χ4v) is 2.55. The molecule has 0 aliphatic carbocycles. The van der Waals surface area contributed by atoms with E-state index in [0.717, 1.165) is 24.4 Å². The van der Waals surface area contributed by atoms with Gasteiger partial charge in [0.05, 0.1) is 10.7 Å². The maximum atomic E-state index is 13.8. The Labute approximate surface area is 169 Å². The van der Waals surface area contributed by atoms with E-state index in [1.807, 2.05) is 0 Å². The van der Waals surface area contributed by atoms with Crippen LogP contribution in [-0.4, -0.2) is 41.7 Å². The number of aryl methyl sites for hydroxylation is 2. The van der Waals surface area contributed by atoms with Crippen LogP contribution in [0, 0.1) is 13.8 Å². The SMILES string of the molecule is Cc1cc(C)c(NC(=O)C(F)(F)C(F)(F)C(F)(F)C(F)(F)C(F)(F)C(F)(F)F)c(Cl)c1. The summed E-state index contributed by atoms with van der Waals surface area (Å²) >= 11 is 5.58. The summed E-state index contributed by atoms with van der Waals surface area (Å²) in [5.74, 6) is -42.0. The molecule has 0 unspecified atom stereocenters. The summed E-state index contributed by atoms with van der Waals surface area (Å²) < 4.78 is 170. The van der Waals surface area contributed by atoms with E-state index in [-0.39, 0.29) is 5.56 Å². The molecule has 0 saturated heterocycles. The van der Waals surface area contributed by atoms with Crippen molar-refractivity contribution in [1.82, 2.24) is 0 Å². The zero-order valence-corrected chi connectivity index (χ0v) is 15.6. The number of benzene rings is 1. The fraction of sp³-hybridized carbons (Fsp3) is 0.533. The van der Waals surface area contributed by atoms with E-state index in [1.54, 1.807) is 0 Å². The average Bonchev–Trinajstić information content (AvgIpc) is 2.55. The van der Waals surface area contributed by atoms with Crippen molar-refractivity contribution in [3.8, 4) is 0 Å². The molecule has 1 aromatic carbocycles. The minimum absolute atomic E-state index is 0.196. The lowest BCUT2D eigenvalue weighted by Gasteiger charge is -2.39. The largest absolute Gasteiger partial charge is 0.460 e. The second-order valence-corrected chi connectivity index (χ2v) is 6.67. The molecule has 0 fully saturated rings. The van der Waals surface area contributed by atoms with Crippen LogP contribution in [0.25, 0.3) is 0 Å². The third-order valence-corrected chi connectivity index (χ3v) is 4.19. The monoisotopic (exact) mass is 501 g/mol. The minimum atomic E-state index is -8.08. The van der Waals surface area contributed by atoms with Crippen LogP contribution in [0.3, 0.4) is 0 Å². The van der Waals surface area contributed by atoms with Crippen LogP contribution < -0.4 is 5.32 Å². The third-order valence-electron chi connectivity index (χ3n) is 3.89. The number of rotatable bonds is 6. The lowest BCUT2D eigenvalue weighted by Crippen LogP contribution is -2.71. The summed E-state index contributed by atoms with van der Waals surface area (Å²) in [4.78, 5) is 11.5. The number of nitrogens with one attached hydrogen (secondary N) is 1. The topological polar surface area (TPSA) is 29.1 Å². The van der Waals surface area contributed by atoms with Gasteiger partial charge in [-0.2, -0.15) is 57.1 Å². The van der Waals surface area contributed by atoms with E-state index in [0.29, 0.717) is 5.56 Å². The van der Waals surface area contributed by atoms with Gasteiger partial charge in [0.2, 0.25) is 0 Å². The highest BCUT2D eigenvalue weighted by atomic mass is 35.5. The second kappa shape index (κ2) is 7.59. The number of hydrogen-bond donors (Lipinski definition) is 1. The molecule has 2 nitrogen and oxygen atoms in total. The number of anilines is 1. The van der Waals surface area contributed by atoms with Crippen molar-refractivity contribution in [3.63, 3.8) is 0 Å². The lowest BCUT2D eigenvalue weighted by molar-refractivity contribution is -0.435. The Hall–Kier alpha value is -1.93. The van der Waals surface area contributed by atoms with Crippen LogP contribution in [0.5, 0.6) is 0 Å². The summed E-state index contributed by atoms with van der Waals surface area (Å²) in [6, 6.07) is 2.11. The molecular formula is C15H9ClF13NO. The van der Waals surface area contributed by atoms with Gasteiger partial charge < -0.3 is 5.32 Å². The zero-order valence-electron chi connectivity index (χ0n) is 14.9. The zero-order chi connectivity index (χ0) is 25.0. The van der Waals surface area contributed by atoms with Gasteiger partial charge in [-0.25, -0.2) is 0 Å². The number of hydrogen-bond acceptors (Lipinski definition) is 1. The van der Waals surface area contributed by atoms with Crippen molar-refractivity contribution in [2.24, 2.45) is 0 Å². The van der Waals surface area contributed by atoms with Gasteiger partial charge in [-0.15, -0.1) is 0 Å². The van der Waals surface area contributed by atoms with Crippen molar-refractivity contribution in [3.05, 3.63) is 28.3 Å². The van der Waals surface area contributed by atoms with Crippen molar-refractivity contribution in [1.29, 1.82) is 0 Å². The Balaban J connectivity index is 3.48. The summed E-state index contributed by atoms with van der Waals surface area (Å²) in [6.07, 6.45) is -7.53. The Bertz CT molecular complexity index is 840. The van der Waals surface area contributed by atoms with Crippen molar-refractivity contribution < 1.29 is 61.9 Å². The molecule has 0 bridgehead atoms. The molecule has 31 heavy (non-hydrogen) atoms. The first-order chi connectivity index (χ1) is 13.5. The van der Waals surface area contributed by atoms with Gasteiger partial charge >= 0.3 is 41.7 Å². The maximum Gasteiger partial charge on any atom is 0.460 e. The molecule has 1 amide bonds. The van der Waals surface area contributed by atoms with Crippen LogP contribution in [-0.2, 0) is 4.79 Å². The minimum Gasteiger partial charge on any atom is -0.319 e. The van der Waals surface area contributed by atoms with Crippen molar-refractivity contribution in [2.45, 2.75) is 49.6 Å². The van der Waals surface area contributed by atoms with Gasteiger partial charge in [0.1, 0.15) is 0 Å². The van der Waals surface area contributed by atoms with Gasteiger partial charge in [-0.05, 0) is 31.0 Å². The fourth-order valence-electron chi connectivity index (χ4n) is 2.18. The van der Waals surface area contributed by atoms with E-state index in [2.05, 4.69) is 0 Å². The smallest absolute Gasteiger partial charge is 0.319 e. The standard InChI is InChI=1S/C15H9ClF13NO/c1-5-3-6(2)8(7(16)4-5)30-9(31)10(17,18)11(19,20)12(21,22)13(23,24)14(25,26)15(27,28)29/h3-4H,1-2H3,(H,30,31). The van der Waals surface area contributed by atoms with Gasteiger partial charge in [0.25, 0.3) is 0 Å². The molecule has 1 rings (SSSR count). The molecule has 0 heterocycles. The van der Waals surface area contributed by atoms with Crippen LogP contribution in [0.1, 0.15) is 11.1 Å². The highest BCUT2D eigenvalue weighted by molar-refractivity contribution is 6.34. The number of halogens is 14. The molecule has 0 saturated carbocycles. The normalized spacial score (nSPS) is 14.6. The van der Waals surface area contributed by atoms with Crippen LogP contribution in [0.2, 0.25) is 5.02 Å². The van der Waals surface area contributed by atoms with E-state index in [4.69, 9.17) is 11.6 Å². The Kier molecular flexibility index (Phi) is 6.63. The van der Waals surface area contributed by atoms with Gasteiger partial charge in [0.15, 0.2) is 0 Å². The number of alkyl halides is 13. The predicted octanol–water partition coefficient (Wildman–Crippen LogP) is 6.63. The van der Waals surface area contributed by atoms with Crippen molar-refractivity contribution in [2.75, 3.05) is 5.32 Å². The van der Waals surface area contributed by atoms with E-state index < -0.39 is 52.4 Å². The highest BCUT2D eigenvalue weighted by Gasteiger charge is 2.91. The molecule has 1 aromatic rings. The van der Waals surface area contributed by atoms with Crippen molar-refractivity contribution >= 4 is 23.2 Å². The molecular weight excluding hydrogens is 493 g/mol. The Morgan fingerprint density at radius 1 is 0.742 bits per heavy atom. The molecule has 16 heteroatoms. The molecule has 178 valence electrons. The third kappa shape index (κ3) is 4.00. The molecule has 0 atom stereocenters. The van der Waals surface area contributed by atoms with E-state index in [1.165, 1.54) is 6.92 Å². The predicted molar refractivity (Wildman–Crippen MR) is 80.3 cm³/mol. The first-order valence-corrected chi connectivity index (χ1v) is 7.88. The lowest BCUT2D eigenvalue weighted by atomic mass is 9.93. The molecule has 0 aromatic heterocycles. The summed E-state index contributed by atoms with van der Waals surface area (Å²) in [6.45, 7) is 2.47. The quantitative estimate of drug-likeness (QED) is 0.435. The molecule has 0 aliphatic heterocycles. The molecule has 0 spiro atoms. The van der Waals surface area contributed by atoms with Crippen LogP contribution >= 0.6 is 11.6 Å². The van der Waals surface area contributed by atoms with Gasteiger partial charge in [-0.3, -0.25) is 4.79 Å². The molecule has 1 N–H and O–H groups in total. The van der Waals surface area contributed by atoms with Crippen LogP contribution in [0.15, 0.2) is 12.1 Å². The average molecular weight is 502 g/mol. The van der Waals surface area contributed by atoms with E-state index in [9.17, 15) is 61.9 Å². The van der Waals surface area contributed by atoms with E-state index >= 15 is 0 Å². The summed E-state index contributed by atoms with van der Waals surface area (Å²) in [7, 11) is 0. The Morgan fingerprint density at radius 2 is 1.16 bits per heavy atom. The molecule has 0 aliphatic rings. The Morgan fingerprint density at radius 3 is 1.55 bits per heavy atom. The first kappa shape index (κ1) is 27.1. The highest BCUT2D eigenvalue weighted by Crippen LogP contribution is 2.60. The summed E-state index contributed by atoms with van der Waals surface area (Å²) in [5.41, 5.74) is -0.709. The van der Waals surface area contributed by atoms with Gasteiger partial charge in [0, 0.05) is 0 Å². The van der Waals surface area contributed by atoms with Gasteiger partial charge in [-0.1, -0.05) is 17.7 Å². The number of carbonyl (C=O) groups is 1. The number of carbonyl (C=O) groups excluding carboxylic acids is 1. The first-order valence-electron chi connectivity index (χ1n) is 7.50. The maximum absolute atomic E-state index is 13.8. The number of amides is 1. The van der Waals surface area contributed by atoms with Crippen LogP contribution in [0.4, 0.5) is 62.8 Å².